The molecule has 0 atom stereocenters. The molecule has 96 valence electrons. The van der Waals surface area contributed by atoms with Gasteiger partial charge in [-0.3, -0.25) is 10.9 Å². The van der Waals surface area contributed by atoms with Crippen LogP contribution in [-0.4, -0.2) is 35.7 Å². The summed E-state index contributed by atoms with van der Waals surface area (Å²) in [5, 5.41) is 14.7. The van der Waals surface area contributed by atoms with Gasteiger partial charge < -0.3 is 10.6 Å². The van der Waals surface area contributed by atoms with Crippen LogP contribution in [0.2, 0.25) is 0 Å². The first-order valence-electron chi connectivity index (χ1n) is 5.11. The first-order chi connectivity index (χ1) is 8.04. The van der Waals surface area contributed by atoms with Crippen LogP contribution in [-0.2, 0) is 0 Å². The van der Waals surface area contributed by atoms with Gasteiger partial charge >= 0.3 is 0 Å². The highest BCUT2D eigenvalue weighted by Gasteiger charge is 2.02. The molecule has 0 unspecified atom stereocenters. The smallest absolute Gasteiger partial charge is 0.186 e. The predicted molar refractivity (Wildman–Crippen MR) is 80.4 cm³/mol. The molecule has 0 rings (SSSR count). The molecule has 0 amide bonds. The normalized spacial score (nSPS) is 11.8. The lowest BCUT2D eigenvalue weighted by Gasteiger charge is -2.07. The maximum absolute atomic E-state index is 4.92. The SMILES string of the molecule is CCC(=N\NC(=S)NC)/C(C)=N/NC(=S)NC. The van der Waals surface area contributed by atoms with Crippen LogP contribution in [0.1, 0.15) is 20.3 Å². The number of nitrogens with one attached hydrogen (secondary N) is 4. The molecular formula is C9H18N6S2. The number of nitrogens with zero attached hydrogens (tertiary/aromatic N) is 2. The van der Waals surface area contributed by atoms with Crippen LogP contribution in [0.3, 0.4) is 0 Å². The predicted octanol–water partition coefficient (Wildman–Crippen LogP) is 0.316. The molecule has 0 saturated heterocycles. The Labute approximate surface area is 112 Å². The van der Waals surface area contributed by atoms with Gasteiger partial charge in [0.2, 0.25) is 0 Å². The minimum absolute atomic E-state index is 0.457. The van der Waals surface area contributed by atoms with Crippen molar-refractivity contribution in [2.45, 2.75) is 20.3 Å². The average Bonchev–Trinajstić information content (AvgIpc) is 2.35. The summed E-state index contributed by atoms with van der Waals surface area (Å²) in [5.74, 6) is 0. The van der Waals surface area contributed by atoms with E-state index in [1.54, 1.807) is 14.1 Å². The Balaban J connectivity index is 4.53. The highest BCUT2D eigenvalue weighted by Crippen LogP contribution is 1.89. The summed E-state index contributed by atoms with van der Waals surface area (Å²) in [6, 6.07) is 0. The molecular weight excluding hydrogens is 256 g/mol. The van der Waals surface area contributed by atoms with Crippen molar-refractivity contribution in [2.75, 3.05) is 14.1 Å². The number of hydrogen-bond donors (Lipinski definition) is 4. The number of hydrazone groups is 2. The van der Waals surface area contributed by atoms with Crippen LogP contribution in [0.15, 0.2) is 10.2 Å². The van der Waals surface area contributed by atoms with Crippen molar-refractivity contribution in [1.82, 2.24) is 21.5 Å². The zero-order valence-electron chi connectivity index (χ0n) is 10.4. The topological polar surface area (TPSA) is 72.8 Å². The molecule has 0 aromatic heterocycles. The molecule has 0 aliphatic rings. The number of rotatable bonds is 4. The summed E-state index contributed by atoms with van der Waals surface area (Å²) in [6.45, 7) is 3.83. The molecule has 0 heterocycles. The first kappa shape index (κ1) is 15.7. The fraction of sp³-hybridized carbons (Fsp3) is 0.556. The van der Waals surface area contributed by atoms with E-state index in [2.05, 4.69) is 31.7 Å². The quantitative estimate of drug-likeness (QED) is 0.336. The molecule has 17 heavy (non-hydrogen) atoms. The summed E-state index contributed by atoms with van der Waals surface area (Å²) in [4.78, 5) is 0. The maximum Gasteiger partial charge on any atom is 0.186 e. The van der Waals surface area contributed by atoms with Crippen molar-refractivity contribution in [3.05, 3.63) is 0 Å². The zero-order chi connectivity index (χ0) is 13.3. The molecule has 0 aliphatic carbocycles. The highest BCUT2D eigenvalue weighted by molar-refractivity contribution is 7.80. The molecule has 0 aromatic carbocycles. The zero-order valence-corrected chi connectivity index (χ0v) is 12.1. The van der Waals surface area contributed by atoms with E-state index >= 15 is 0 Å². The summed E-state index contributed by atoms with van der Waals surface area (Å²) < 4.78 is 0. The second-order valence-electron chi connectivity index (χ2n) is 2.99. The fourth-order valence-corrected chi connectivity index (χ4v) is 0.936. The van der Waals surface area contributed by atoms with Gasteiger partial charge in [-0.05, 0) is 37.8 Å². The van der Waals surface area contributed by atoms with Crippen LogP contribution in [0.25, 0.3) is 0 Å². The minimum Gasteiger partial charge on any atom is -0.364 e. The lowest BCUT2D eigenvalue weighted by Crippen LogP contribution is -2.32. The average molecular weight is 274 g/mol. The van der Waals surface area contributed by atoms with Crippen LogP contribution in [0.4, 0.5) is 0 Å². The molecule has 0 aliphatic heterocycles. The van der Waals surface area contributed by atoms with Gasteiger partial charge in [0.25, 0.3) is 0 Å². The third-order valence-corrected chi connectivity index (χ3v) is 2.42. The van der Waals surface area contributed by atoms with Gasteiger partial charge in [-0.2, -0.15) is 10.2 Å². The maximum atomic E-state index is 4.92. The Kier molecular flexibility index (Phi) is 8.16. The van der Waals surface area contributed by atoms with Gasteiger partial charge in [0.15, 0.2) is 10.2 Å². The van der Waals surface area contributed by atoms with Gasteiger partial charge in [-0.15, -0.1) is 0 Å². The largest absolute Gasteiger partial charge is 0.364 e. The molecule has 0 aromatic rings. The molecule has 6 nitrogen and oxygen atoms in total. The van der Waals surface area contributed by atoms with Gasteiger partial charge in [0.1, 0.15) is 0 Å². The standard InChI is InChI=1S/C9H18N6S2/c1-5-7(13-15-9(17)11-4)6(2)12-14-8(16)10-3/h5H2,1-4H3,(H2,10,14,16)(H2,11,15,17)/b12-6+,13-7+. The van der Waals surface area contributed by atoms with Crippen LogP contribution < -0.4 is 21.5 Å². The monoisotopic (exact) mass is 274 g/mol. The highest BCUT2D eigenvalue weighted by atomic mass is 32.1. The van der Waals surface area contributed by atoms with E-state index in [0.717, 1.165) is 17.8 Å². The van der Waals surface area contributed by atoms with Crippen molar-refractivity contribution >= 4 is 46.1 Å². The Morgan fingerprint density at radius 2 is 1.47 bits per heavy atom. The first-order valence-corrected chi connectivity index (χ1v) is 5.93. The van der Waals surface area contributed by atoms with Crippen molar-refractivity contribution in [1.29, 1.82) is 0 Å². The third-order valence-electron chi connectivity index (χ3n) is 1.82. The lowest BCUT2D eigenvalue weighted by molar-refractivity contribution is 0.958. The van der Waals surface area contributed by atoms with E-state index in [-0.39, 0.29) is 0 Å². The molecule has 0 radical (unpaired) electrons. The van der Waals surface area contributed by atoms with Gasteiger partial charge in [-0.1, -0.05) is 6.92 Å². The van der Waals surface area contributed by atoms with Gasteiger partial charge in [-0.25, -0.2) is 0 Å². The molecule has 8 heteroatoms. The van der Waals surface area contributed by atoms with E-state index in [1.807, 2.05) is 13.8 Å². The van der Waals surface area contributed by atoms with Crippen LogP contribution in [0, 0.1) is 0 Å². The number of thiocarbonyl (C=S) groups is 2. The molecule has 0 fully saturated rings. The lowest BCUT2D eigenvalue weighted by atomic mass is 10.2. The van der Waals surface area contributed by atoms with Crippen LogP contribution in [0.5, 0.6) is 0 Å². The Hall–Kier alpha value is -1.28. The van der Waals surface area contributed by atoms with E-state index in [0.29, 0.717) is 10.2 Å². The summed E-state index contributed by atoms with van der Waals surface area (Å²) in [6.07, 6.45) is 0.739. The third kappa shape index (κ3) is 6.80. The Morgan fingerprint density at radius 1 is 1.00 bits per heavy atom. The van der Waals surface area contributed by atoms with E-state index in [9.17, 15) is 0 Å². The fourth-order valence-electron chi connectivity index (χ4n) is 0.845. The molecule has 0 saturated carbocycles. The van der Waals surface area contributed by atoms with Gasteiger partial charge in [0, 0.05) is 14.1 Å². The van der Waals surface area contributed by atoms with Crippen molar-refractivity contribution in [3.8, 4) is 0 Å². The van der Waals surface area contributed by atoms with E-state index < -0.39 is 0 Å². The Morgan fingerprint density at radius 3 is 1.88 bits per heavy atom. The number of hydrogen-bond acceptors (Lipinski definition) is 4. The molecule has 0 bridgehead atoms. The second kappa shape index (κ2) is 8.82. The van der Waals surface area contributed by atoms with Crippen molar-refractivity contribution in [2.24, 2.45) is 10.2 Å². The van der Waals surface area contributed by atoms with Crippen LogP contribution >= 0.6 is 24.4 Å². The van der Waals surface area contributed by atoms with E-state index in [1.165, 1.54) is 0 Å². The van der Waals surface area contributed by atoms with Crippen molar-refractivity contribution < 1.29 is 0 Å². The summed E-state index contributed by atoms with van der Waals surface area (Å²) >= 11 is 9.82. The van der Waals surface area contributed by atoms with Crippen molar-refractivity contribution in [3.63, 3.8) is 0 Å². The summed E-state index contributed by atoms with van der Waals surface area (Å²) in [5.41, 5.74) is 6.96. The minimum atomic E-state index is 0.457. The molecule has 4 N–H and O–H groups in total. The molecule has 0 spiro atoms. The van der Waals surface area contributed by atoms with Gasteiger partial charge in [0.05, 0.1) is 11.4 Å². The Bertz CT molecular complexity index is 336. The van der Waals surface area contributed by atoms with E-state index in [4.69, 9.17) is 24.4 Å². The second-order valence-corrected chi connectivity index (χ2v) is 3.81. The summed E-state index contributed by atoms with van der Waals surface area (Å²) in [7, 11) is 3.45.